The molecular weight excluding hydrogens is 341 g/mol. The first-order valence-electron chi connectivity index (χ1n) is 8.67. The Labute approximate surface area is 151 Å². The zero-order valence-electron chi connectivity index (χ0n) is 14.3. The van der Waals surface area contributed by atoms with Gasteiger partial charge in [0.15, 0.2) is 19.1 Å². The van der Waals surface area contributed by atoms with Crippen molar-refractivity contribution in [3.63, 3.8) is 0 Å². The minimum Gasteiger partial charge on any atom is -0.357 e. The second-order valence-electron chi connectivity index (χ2n) is 6.75. The number of nitrogens with one attached hydrogen (secondary N) is 1. The molecule has 0 aliphatic carbocycles. The molecule has 7 heteroatoms. The van der Waals surface area contributed by atoms with Gasteiger partial charge in [-0.15, -0.1) is 9.36 Å². The number of halogens is 2. The maximum Gasteiger partial charge on any atom is 0.197 e. The molecule has 2 aliphatic heterocycles. The highest BCUT2D eigenvalue weighted by molar-refractivity contribution is 6.31. The highest BCUT2D eigenvalue weighted by atomic mass is 35.5. The maximum atomic E-state index is 14.8. The molecule has 3 heterocycles. The van der Waals surface area contributed by atoms with Gasteiger partial charge in [-0.1, -0.05) is 11.6 Å². The fourth-order valence-corrected chi connectivity index (χ4v) is 4.01. The summed E-state index contributed by atoms with van der Waals surface area (Å²) in [6.45, 7) is 3.89. The summed E-state index contributed by atoms with van der Waals surface area (Å²) < 4.78 is 18.9. The molecule has 0 radical (unpaired) electrons. The molecule has 1 aromatic heterocycles. The van der Waals surface area contributed by atoms with E-state index in [0.717, 1.165) is 44.8 Å². The van der Waals surface area contributed by atoms with Gasteiger partial charge in [-0.3, -0.25) is 5.41 Å². The van der Waals surface area contributed by atoms with Gasteiger partial charge in [0.05, 0.1) is 12.6 Å². The largest absolute Gasteiger partial charge is 0.357 e. The molecule has 0 bridgehead atoms. The number of rotatable bonds is 3. The summed E-state index contributed by atoms with van der Waals surface area (Å²) in [4.78, 5) is 4.12. The SMILES string of the molecule is C[n+]1ccc2n1CCN2Cc1c(F)cc(C(=N)N2CCCC2)cc1Cl. The van der Waals surface area contributed by atoms with E-state index >= 15 is 0 Å². The lowest BCUT2D eigenvalue weighted by Crippen LogP contribution is -2.37. The van der Waals surface area contributed by atoms with Crippen LogP contribution < -0.4 is 9.58 Å². The fourth-order valence-electron chi connectivity index (χ4n) is 3.74. The molecule has 1 saturated heterocycles. The Balaban J connectivity index is 1.58. The van der Waals surface area contributed by atoms with Gasteiger partial charge < -0.3 is 9.80 Å². The molecule has 0 unspecified atom stereocenters. The number of hydrogen-bond acceptors (Lipinski definition) is 2. The van der Waals surface area contributed by atoms with Gasteiger partial charge >= 0.3 is 0 Å². The van der Waals surface area contributed by atoms with Crippen molar-refractivity contribution < 1.29 is 9.07 Å². The summed E-state index contributed by atoms with van der Waals surface area (Å²) in [5.74, 6) is 1.11. The van der Waals surface area contributed by atoms with E-state index in [1.165, 1.54) is 6.07 Å². The standard InChI is InChI=1S/C18H22ClFN5/c1-22-7-4-17-24(8-9-25(17)22)12-14-15(19)10-13(11-16(14)20)18(21)23-5-2-3-6-23/h4,7,10-11,21H,2-3,5-6,8-9,12H2,1H3/q+1. The summed E-state index contributed by atoms with van der Waals surface area (Å²) in [6.07, 6.45) is 4.17. The van der Waals surface area contributed by atoms with Crippen molar-refractivity contribution >= 4 is 23.3 Å². The first kappa shape index (κ1) is 16.4. The van der Waals surface area contributed by atoms with Crippen LogP contribution in [0.15, 0.2) is 24.4 Å². The number of likely N-dealkylation sites (tertiary alicyclic amines) is 1. The van der Waals surface area contributed by atoms with E-state index in [1.54, 1.807) is 6.07 Å². The molecule has 0 spiro atoms. The highest BCUT2D eigenvalue weighted by Crippen LogP contribution is 2.28. The summed E-state index contributed by atoms with van der Waals surface area (Å²) in [5.41, 5.74) is 1.06. The maximum absolute atomic E-state index is 14.8. The minimum atomic E-state index is -0.333. The van der Waals surface area contributed by atoms with Crippen molar-refractivity contribution in [3.8, 4) is 0 Å². The molecule has 1 fully saturated rings. The van der Waals surface area contributed by atoms with Crippen LogP contribution in [0.25, 0.3) is 0 Å². The fraction of sp³-hybridized carbons (Fsp3) is 0.444. The number of fused-ring (bicyclic) bond motifs is 1. The van der Waals surface area contributed by atoms with Gasteiger partial charge in [-0.05, 0) is 25.0 Å². The Kier molecular flexibility index (Phi) is 4.15. The number of nitrogens with zero attached hydrogens (tertiary/aromatic N) is 4. The minimum absolute atomic E-state index is 0.333. The van der Waals surface area contributed by atoms with E-state index in [-0.39, 0.29) is 5.82 Å². The van der Waals surface area contributed by atoms with E-state index < -0.39 is 0 Å². The van der Waals surface area contributed by atoms with Gasteiger partial charge in [0.1, 0.15) is 11.7 Å². The predicted molar refractivity (Wildman–Crippen MR) is 95.7 cm³/mol. The molecule has 2 aliphatic rings. The smallest absolute Gasteiger partial charge is 0.197 e. The summed E-state index contributed by atoms with van der Waals surface area (Å²) in [6, 6.07) is 5.23. The average Bonchev–Trinajstić information content (AvgIpc) is 3.30. The summed E-state index contributed by atoms with van der Waals surface area (Å²) in [7, 11) is 2.00. The van der Waals surface area contributed by atoms with Crippen LogP contribution in [0.4, 0.5) is 10.2 Å². The molecule has 0 atom stereocenters. The molecule has 1 N–H and O–H groups in total. The third-order valence-electron chi connectivity index (χ3n) is 5.18. The van der Waals surface area contributed by atoms with Crippen molar-refractivity contribution in [2.75, 3.05) is 24.5 Å². The van der Waals surface area contributed by atoms with Gasteiger partial charge in [0, 0.05) is 42.3 Å². The van der Waals surface area contributed by atoms with Gasteiger partial charge in [0.2, 0.25) is 0 Å². The van der Waals surface area contributed by atoms with Crippen LogP contribution in [0.3, 0.4) is 0 Å². The number of aryl methyl sites for hydroxylation is 1. The van der Waals surface area contributed by atoms with Crippen molar-refractivity contribution in [1.82, 2.24) is 9.58 Å². The first-order chi connectivity index (χ1) is 12.0. The van der Waals surface area contributed by atoms with Crippen molar-refractivity contribution in [3.05, 3.63) is 46.4 Å². The van der Waals surface area contributed by atoms with Gasteiger partial charge in [-0.25, -0.2) is 4.39 Å². The third kappa shape index (κ3) is 2.88. The zero-order chi connectivity index (χ0) is 17.6. The van der Waals surface area contributed by atoms with Gasteiger partial charge in [0.25, 0.3) is 0 Å². The molecule has 1 aromatic carbocycles. The van der Waals surface area contributed by atoms with E-state index in [2.05, 4.69) is 9.58 Å². The highest BCUT2D eigenvalue weighted by Gasteiger charge is 2.27. The van der Waals surface area contributed by atoms with Crippen LogP contribution in [0.5, 0.6) is 0 Å². The Bertz CT molecular complexity index is 802. The quantitative estimate of drug-likeness (QED) is 0.518. The lowest BCUT2D eigenvalue weighted by atomic mass is 10.1. The van der Waals surface area contributed by atoms with Crippen molar-refractivity contribution in [2.24, 2.45) is 7.05 Å². The van der Waals surface area contributed by atoms with Crippen LogP contribution in [0, 0.1) is 11.2 Å². The number of aromatic nitrogens is 2. The van der Waals surface area contributed by atoms with E-state index in [1.807, 2.05) is 28.9 Å². The topological polar surface area (TPSA) is 39.1 Å². The number of amidine groups is 1. The van der Waals surface area contributed by atoms with Gasteiger partial charge in [-0.2, -0.15) is 0 Å². The van der Waals surface area contributed by atoms with Crippen molar-refractivity contribution in [1.29, 1.82) is 5.41 Å². The Morgan fingerprint density at radius 2 is 2.00 bits per heavy atom. The second-order valence-corrected chi connectivity index (χ2v) is 7.16. The molecule has 0 saturated carbocycles. The number of anilines is 1. The molecule has 2 aromatic rings. The average molecular weight is 363 g/mol. The Morgan fingerprint density at radius 3 is 2.72 bits per heavy atom. The van der Waals surface area contributed by atoms with Crippen LogP contribution in [-0.2, 0) is 20.1 Å². The van der Waals surface area contributed by atoms with Crippen LogP contribution in [0.2, 0.25) is 5.02 Å². The molecule has 5 nitrogen and oxygen atoms in total. The molecular formula is C18H22ClFN5+. The predicted octanol–water partition coefficient (Wildman–Crippen LogP) is 2.55. The third-order valence-corrected chi connectivity index (χ3v) is 5.51. The lowest BCUT2D eigenvalue weighted by Gasteiger charge is -2.21. The molecule has 0 amide bonds. The van der Waals surface area contributed by atoms with Crippen molar-refractivity contribution in [2.45, 2.75) is 25.9 Å². The Hall–Kier alpha value is -2.08. The Morgan fingerprint density at radius 1 is 1.24 bits per heavy atom. The van der Waals surface area contributed by atoms with E-state index in [4.69, 9.17) is 17.0 Å². The van der Waals surface area contributed by atoms with Crippen LogP contribution in [0.1, 0.15) is 24.0 Å². The number of benzene rings is 1. The van der Waals surface area contributed by atoms with E-state index in [0.29, 0.717) is 28.5 Å². The molecule has 25 heavy (non-hydrogen) atoms. The summed E-state index contributed by atoms with van der Waals surface area (Å²) in [5, 5.41) is 8.69. The second kappa shape index (κ2) is 6.33. The monoisotopic (exact) mass is 362 g/mol. The molecule has 4 rings (SSSR count). The van der Waals surface area contributed by atoms with E-state index in [9.17, 15) is 4.39 Å². The molecule has 132 valence electrons. The normalized spacial score (nSPS) is 16.6. The number of hydrogen-bond donors (Lipinski definition) is 1. The first-order valence-corrected chi connectivity index (χ1v) is 9.04. The van der Waals surface area contributed by atoms with Crippen LogP contribution in [-0.4, -0.2) is 35.1 Å². The summed E-state index contributed by atoms with van der Waals surface area (Å²) >= 11 is 6.40. The lowest BCUT2D eigenvalue weighted by molar-refractivity contribution is -0.751. The zero-order valence-corrected chi connectivity index (χ0v) is 15.1. The van der Waals surface area contributed by atoms with Crippen LogP contribution >= 0.6 is 11.6 Å².